The first kappa shape index (κ1) is 14.8. The number of nitrogens with one attached hydrogen (secondary N) is 1. The van der Waals surface area contributed by atoms with Crippen LogP contribution in [0.15, 0.2) is 29.2 Å². The van der Waals surface area contributed by atoms with E-state index >= 15 is 0 Å². The lowest BCUT2D eigenvalue weighted by molar-refractivity contribution is -0.119. The van der Waals surface area contributed by atoms with E-state index < -0.39 is 10.8 Å². The van der Waals surface area contributed by atoms with Crippen LogP contribution in [0.25, 0.3) is 0 Å². The van der Waals surface area contributed by atoms with E-state index in [4.69, 9.17) is 0 Å². The molecule has 0 heterocycles. The summed E-state index contributed by atoms with van der Waals surface area (Å²) in [5.41, 5.74) is 0. The van der Waals surface area contributed by atoms with E-state index in [9.17, 15) is 13.4 Å². The van der Waals surface area contributed by atoms with E-state index in [1.165, 1.54) is 24.3 Å². The number of benzene rings is 1. The molecule has 0 aromatic heterocycles. The third-order valence-electron chi connectivity index (χ3n) is 2.73. The van der Waals surface area contributed by atoms with Crippen LogP contribution in [0.4, 0.5) is 4.39 Å². The van der Waals surface area contributed by atoms with E-state index in [0.717, 1.165) is 0 Å². The summed E-state index contributed by atoms with van der Waals surface area (Å²) in [6.45, 7) is 5.91. The largest absolute Gasteiger partial charge is 0.353 e. The first-order chi connectivity index (χ1) is 8.40. The maximum absolute atomic E-state index is 12.7. The van der Waals surface area contributed by atoms with Crippen molar-refractivity contribution in [2.24, 2.45) is 5.92 Å². The highest BCUT2D eigenvalue weighted by Gasteiger charge is 2.14. The Hall–Kier alpha value is -1.23. The monoisotopic (exact) mass is 271 g/mol. The summed E-state index contributed by atoms with van der Waals surface area (Å²) in [5, 5.41) is 2.79. The first-order valence-electron chi connectivity index (χ1n) is 5.83. The van der Waals surface area contributed by atoms with Gasteiger partial charge in [-0.15, -0.1) is 0 Å². The second kappa shape index (κ2) is 6.64. The number of carbonyl (C=O) groups excluding carboxylic acids is 1. The zero-order chi connectivity index (χ0) is 13.7. The molecule has 1 rings (SSSR count). The lowest BCUT2D eigenvalue weighted by Gasteiger charge is -2.17. The van der Waals surface area contributed by atoms with Crippen LogP contribution in [0.5, 0.6) is 0 Å². The first-order valence-corrected chi connectivity index (χ1v) is 7.15. The molecule has 5 heteroatoms. The van der Waals surface area contributed by atoms with Gasteiger partial charge in [-0.1, -0.05) is 13.8 Å². The summed E-state index contributed by atoms with van der Waals surface area (Å²) in [7, 11) is -1.43. The molecule has 2 unspecified atom stereocenters. The zero-order valence-corrected chi connectivity index (χ0v) is 11.6. The molecule has 3 nitrogen and oxygen atoms in total. The normalized spacial score (nSPS) is 14.3. The van der Waals surface area contributed by atoms with Crippen molar-refractivity contribution in [3.05, 3.63) is 30.1 Å². The van der Waals surface area contributed by atoms with Gasteiger partial charge in [0.25, 0.3) is 0 Å². The van der Waals surface area contributed by atoms with Crippen molar-refractivity contribution < 1.29 is 13.4 Å². The summed E-state index contributed by atoms with van der Waals surface area (Å²) in [6.07, 6.45) is 0. The minimum Gasteiger partial charge on any atom is -0.353 e. The van der Waals surface area contributed by atoms with E-state index in [1.54, 1.807) is 0 Å². The van der Waals surface area contributed by atoms with Crippen molar-refractivity contribution in [1.29, 1.82) is 0 Å². The summed E-state index contributed by atoms with van der Waals surface area (Å²) in [6, 6.07) is 5.39. The molecule has 0 bridgehead atoms. The van der Waals surface area contributed by atoms with E-state index in [1.807, 2.05) is 20.8 Å². The lowest BCUT2D eigenvalue weighted by Crippen LogP contribution is -2.38. The van der Waals surface area contributed by atoms with Crippen LogP contribution in [-0.4, -0.2) is 21.9 Å². The Bertz CT molecular complexity index is 431. The third kappa shape index (κ3) is 4.56. The fourth-order valence-corrected chi connectivity index (χ4v) is 2.18. The second-order valence-corrected chi connectivity index (χ2v) is 6.00. The van der Waals surface area contributed by atoms with Gasteiger partial charge in [-0.25, -0.2) is 4.39 Å². The van der Waals surface area contributed by atoms with Gasteiger partial charge in [0.15, 0.2) is 0 Å². The molecule has 18 heavy (non-hydrogen) atoms. The van der Waals surface area contributed by atoms with E-state index in [2.05, 4.69) is 5.32 Å². The number of amides is 1. The van der Waals surface area contributed by atoms with Crippen molar-refractivity contribution in [1.82, 2.24) is 5.32 Å². The Labute approximate surface area is 109 Å². The lowest BCUT2D eigenvalue weighted by atomic mass is 10.1. The fraction of sp³-hybridized carbons (Fsp3) is 0.462. The minimum absolute atomic E-state index is 0.0442. The molecular formula is C13H18FNO2S. The Morgan fingerprint density at radius 3 is 2.33 bits per heavy atom. The van der Waals surface area contributed by atoms with Crippen LogP contribution in [0.1, 0.15) is 20.8 Å². The number of hydrogen-bond acceptors (Lipinski definition) is 2. The van der Waals surface area contributed by atoms with E-state index in [0.29, 0.717) is 10.8 Å². The van der Waals surface area contributed by atoms with Gasteiger partial charge in [-0.05, 0) is 37.1 Å². The predicted molar refractivity (Wildman–Crippen MR) is 70.1 cm³/mol. The highest BCUT2D eigenvalue weighted by Crippen LogP contribution is 2.08. The van der Waals surface area contributed by atoms with Crippen LogP contribution in [0.2, 0.25) is 0 Å². The zero-order valence-electron chi connectivity index (χ0n) is 10.8. The smallest absolute Gasteiger partial charge is 0.233 e. The fourth-order valence-electron chi connectivity index (χ4n) is 1.25. The maximum atomic E-state index is 12.7. The maximum Gasteiger partial charge on any atom is 0.233 e. The van der Waals surface area contributed by atoms with Gasteiger partial charge in [0.1, 0.15) is 11.6 Å². The molecule has 0 spiro atoms. The van der Waals surface area contributed by atoms with Gasteiger partial charge in [-0.3, -0.25) is 9.00 Å². The SMILES string of the molecule is CC(C)C(C)NC(=O)CS(=O)c1ccc(F)cc1. The molecule has 0 aliphatic rings. The molecule has 0 saturated heterocycles. The van der Waals surface area contributed by atoms with Gasteiger partial charge in [-0.2, -0.15) is 0 Å². The van der Waals surface area contributed by atoms with Crippen molar-refractivity contribution in [3.8, 4) is 0 Å². The van der Waals surface area contributed by atoms with Crippen molar-refractivity contribution in [2.45, 2.75) is 31.7 Å². The van der Waals surface area contributed by atoms with Crippen molar-refractivity contribution >= 4 is 16.7 Å². The molecule has 100 valence electrons. The third-order valence-corrected chi connectivity index (χ3v) is 4.05. The molecule has 1 amide bonds. The molecule has 2 atom stereocenters. The Morgan fingerprint density at radius 1 is 1.28 bits per heavy atom. The van der Waals surface area contributed by atoms with Crippen LogP contribution < -0.4 is 5.32 Å². The molecule has 1 N–H and O–H groups in total. The Morgan fingerprint density at radius 2 is 1.83 bits per heavy atom. The molecule has 0 aliphatic carbocycles. The van der Waals surface area contributed by atoms with Crippen LogP contribution in [0, 0.1) is 11.7 Å². The Balaban J connectivity index is 2.54. The Kier molecular flexibility index (Phi) is 5.47. The average Bonchev–Trinajstić information content (AvgIpc) is 2.29. The molecular weight excluding hydrogens is 253 g/mol. The summed E-state index contributed by atoms with van der Waals surface area (Å²) in [4.78, 5) is 12.1. The standard InChI is InChI=1S/C13H18FNO2S/c1-9(2)10(3)15-13(16)8-18(17)12-6-4-11(14)5-7-12/h4-7,9-10H,8H2,1-3H3,(H,15,16). The van der Waals surface area contributed by atoms with Gasteiger partial charge >= 0.3 is 0 Å². The van der Waals surface area contributed by atoms with Gasteiger partial charge < -0.3 is 5.32 Å². The second-order valence-electron chi connectivity index (χ2n) is 4.54. The minimum atomic E-state index is -1.43. The average molecular weight is 271 g/mol. The number of halogens is 1. The van der Waals surface area contributed by atoms with Crippen LogP contribution in [-0.2, 0) is 15.6 Å². The predicted octanol–water partition coefficient (Wildman–Crippen LogP) is 2.09. The molecule has 1 aromatic carbocycles. The number of rotatable bonds is 5. The molecule has 1 aromatic rings. The van der Waals surface area contributed by atoms with Gasteiger partial charge in [0, 0.05) is 10.9 Å². The number of hydrogen-bond donors (Lipinski definition) is 1. The summed E-state index contributed by atoms with van der Waals surface area (Å²) >= 11 is 0. The summed E-state index contributed by atoms with van der Waals surface area (Å²) < 4.78 is 24.5. The van der Waals surface area contributed by atoms with Crippen LogP contribution in [0.3, 0.4) is 0 Å². The molecule has 0 saturated carbocycles. The van der Waals surface area contributed by atoms with Crippen molar-refractivity contribution in [2.75, 3.05) is 5.75 Å². The summed E-state index contributed by atoms with van der Waals surface area (Å²) in [5.74, 6) is -0.399. The topological polar surface area (TPSA) is 46.2 Å². The molecule has 0 aliphatic heterocycles. The molecule has 0 radical (unpaired) electrons. The van der Waals surface area contributed by atoms with E-state index in [-0.39, 0.29) is 23.5 Å². The highest BCUT2D eigenvalue weighted by atomic mass is 32.2. The quantitative estimate of drug-likeness (QED) is 0.891. The van der Waals surface area contributed by atoms with Crippen molar-refractivity contribution in [3.63, 3.8) is 0 Å². The number of carbonyl (C=O) groups is 1. The van der Waals surface area contributed by atoms with Gasteiger partial charge in [0.2, 0.25) is 5.91 Å². The van der Waals surface area contributed by atoms with Crippen LogP contribution >= 0.6 is 0 Å². The van der Waals surface area contributed by atoms with Gasteiger partial charge in [0.05, 0.1) is 10.8 Å². The molecule has 0 fully saturated rings. The highest BCUT2D eigenvalue weighted by molar-refractivity contribution is 7.85.